The molecule has 0 amide bonds. The number of hydrogen-bond acceptors (Lipinski definition) is 10. The number of carboxylic acids is 1. The molecule has 14 nitrogen and oxygen atoms in total. The van der Waals surface area contributed by atoms with Crippen LogP contribution in [0.15, 0.2) is 4.76 Å². The fraction of sp³-hybridized carbons (Fsp3) is 0.750. The van der Waals surface area contributed by atoms with Crippen molar-refractivity contribution in [2.45, 2.75) is 59.7 Å². The number of carboxylic acid groups (broad SMARTS) is 1. The van der Waals surface area contributed by atoms with Gasteiger partial charge in [-0.2, -0.15) is 0 Å². The Balaban J connectivity index is 5.68. The Morgan fingerprint density at radius 2 is 1.42 bits per heavy atom. The summed E-state index contributed by atoms with van der Waals surface area (Å²) >= 11 is 0. The minimum Gasteiger partial charge on any atom is -0.480 e. The van der Waals surface area contributed by atoms with Crippen LogP contribution in [0, 0.1) is 0 Å². The lowest BCUT2D eigenvalue weighted by molar-refractivity contribution is -0.141. The average Bonchev–Trinajstić information content (AvgIpc) is 2.60. The summed E-state index contributed by atoms with van der Waals surface area (Å²) in [5.41, 5.74) is 5.78. The van der Waals surface area contributed by atoms with Crippen molar-refractivity contribution in [2.24, 2.45) is 10.5 Å². The molecule has 0 heterocycles. The number of guanidine groups is 1. The largest absolute Gasteiger partial charge is 0.510 e. The zero-order valence-electron chi connectivity index (χ0n) is 18.3. The van der Waals surface area contributed by atoms with Gasteiger partial charge < -0.3 is 34.7 Å². The summed E-state index contributed by atoms with van der Waals surface area (Å²) in [5, 5.41) is 9.25. The van der Waals surface area contributed by atoms with Gasteiger partial charge in [-0.15, -0.1) is 4.76 Å². The highest BCUT2D eigenvalue weighted by Crippen LogP contribution is 2.52. The Morgan fingerprint density at radius 3 is 1.74 bits per heavy atom. The highest BCUT2D eigenvalue weighted by molar-refractivity contribution is 7.52. The summed E-state index contributed by atoms with van der Waals surface area (Å²) in [6.07, 6.45) is -5.03. The SMILES string of the molecule is CCOC(=O)OC(C)OP(=O)(N=C(N)N(C)C(CC)C(=O)O)OC(C)OC(=O)OCC. The van der Waals surface area contributed by atoms with E-state index >= 15 is 0 Å². The molecule has 0 rings (SSSR count). The van der Waals surface area contributed by atoms with Crippen LogP contribution < -0.4 is 5.73 Å². The van der Waals surface area contributed by atoms with Crippen molar-refractivity contribution >= 4 is 32.0 Å². The van der Waals surface area contributed by atoms with Crippen molar-refractivity contribution < 1.29 is 52.1 Å². The van der Waals surface area contributed by atoms with Gasteiger partial charge in [0, 0.05) is 7.05 Å². The van der Waals surface area contributed by atoms with E-state index < -0.39 is 50.6 Å². The first-order valence-corrected chi connectivity index (χ1v) is 10.8. The van der Waals surface area contributed by atoms with E-state index in [1.54, 1.807) is 20.8 Å². The van der Waals surface area contributed by atoms with E-state index in [0.717, 1.165) is 4.90 Å². The Bertz CT molecular complexity index is 656. The summed E-state index contributed by atoms with van der Waals surface area (Å²) in [7, 11) is -3.30. The van der Waals surface area contributed by atoms with Gasteiger partial charge in [0.05, 0.1) is 13.2 Å². The molecule has 0 aliphatic carbocycles. The molecule has 3 N–H and O–H groups in total. The zero-order chi connectivity index (χ0) is 24.2. The first-order valence-electron chi connectivity index (χ1n) is 9.33. The summed E-state index contributed by atoms with van der Waals surface area (Å²) in [5.74, 6) is -1.71. The summed E-state index contributed by atoms with van der Waals surface area (Å²) in [6.45, 7) is 7.13. The predicted molar refractivity (Wildman–Crippen MR) is 106 cm³/mol. The molecule has 0 aliphatic rings. The zero-order valence-corrected chi connectivity index (χ0v) is 19.2. The van der Waals surface area contributed by atoms with E-state index in [2.05, 4.69) is 14.2 Å². The second-order valence-corrected chi connectivity index (χ2v) is 7.31. The molecule has 0 saturated carbocycles. The Morgan fingerprint density at radius 1 is 1.00 bits per heavy atom. The average molecular weight is 471 g/mol. The molecule has 0 bridgehead atoms. The van der Waals surface area contributed by atoms with Crippen molar-refractivity contribution in [2.75, 3.05) is 20.3 Å². The lowest BCUT2D eigenvalue weighted by Gasteiger charge is -2.26. The highest BCUT2D eigenvalue weighted by Gasteiger charge is 2.35. The first-order chi connectivity index (χ1) is 14.4. The van der Waals surface area contributed by atoms with Crippen molar-refractivity contribution in [3.63, 3.8) is 0 Å². The standard InChI is InChI=1S/C16H30N3O11P/c1-7-12(13(20)21)19(6)14(17)18-31(24,29-10(4)27-15(22)25-8-2)30-11(5)28-16(23)26-9-3/h10-12H,7-9H2,1-6H3,(H,20,21)(H2,17,18,24). The third-order valence-corrected chi connectivity index (χ3v) is 4.91. The maximum atomic E-state index is 13.2. The number of carbonyl (C=O) groups is 3. The Hall–Kier alpha value is -2.57. The van der Waals surface area contributed by atoms with Gasteiger partial charge in [-0.05, 0) is 34.1 Å². The van der Waals surface area contributed by atoms with Crippen LogP contribution in [0.5, 0.6) is 0 Å². The molecule has 3 unspecified atom stereocenters. The highest BCUT2D eigenvalue weighted by atomic mass is 31.2. The fourth-order valence-electron chi connectivity index (χ4n) is 2.03. The predicted octanol–water partition coefficient (Wildman–Crippen LogP) is 2.28. The molecule has 0 aromatic heterocycles. The van der Waals surface area contributed by atoms with E-state index in [-0.39, 0.29) is 19.6 Å². The smallest absolute Gasteiger partial charge is 0.480 e. The van der Waals surface area contributed by atoms with Crippen LogP contribution in [0.2, 0.25) is 0 Å². The van der Waals surface area contributed by atoms with E-state index in [1.807, 2.05) is 0 Å². The third-order valence-electron chi connectivity index (χ3n) is 3.34. The topological polar surface area (TPSA) is 186 Å². The molecule has 180 valence electrons. The maximum Gasteiger partial charge on any atom is 0.510 e. The molecule has 0 spiro atoms. The normalized spacial score (nSPS) is 16.3. The van der Waals surface area contributed by atoms with Crippen LogP contribution in [0.4, 0.5) is 9.59 Å². The third kappa shape index (κ3) is 10.9. The van der Waals surface area contributed by atoms with Crippen LogP contribution in [0.3, 0.4) is 0 Å². The second kappa shape index (κ2) is 13.7. The van der Waals surface area contributed by atoms with Crippen molar-refractivity contribution in [1.82, 2.24) is 4.90 Å². The van der Waals surface area contributed by atoms with E-state index in [4.69, 9.17) is 24.3 Å². The first kappa shape index (κ1) is 28.4. The minimum absolute atomic E-state index is 0.0214. The van der Waals surface area contributed by atoms with Gasteiger partial charge >= 0.3 is 26.0 Å². The molecule has 0 aliphatic heterocycles. The molecule has 15 heteroatoms. The molecule has 0 aromatic carbocycles. The molecule has 0 aromatic rings. The lowest BCUT2D eigenvalue weighted by Crippen LogP contribution is -2.45. The van der Waals surface area contributed by atoms with Crippen molar-refractivity contribution in [3.8, 4) is 0 Å². The maximum absolute atomic E-state index is 13.2. The van der Waals surface area contributed by atoms with Crippen LogP contribution >= 0.6 is 7.75 Å². The van der Waals surface area contributed by atoms with Gasteiger partial charge in [0.1, 0.15) is 6.04 Å². The number of likely N-dealkylation sites (N-methyl/N-ethyl adjacent to an activating group) is 1. The molecule has 0 saturated heterocycles. The van der Waals surface area contributed by atoms with Gasteiger partial charge in [0.2, 0.25) is 18.5 Å². The number of ether oxygens (including phenoxy) is 4. The molecule has 0 fully saturated rings. The number of carbonyl (C=O) groups excluding carboxylic acids is 2. The second-order valence-electron chi connectivity index (χ2n) is 5.75. The number of hydrogen-bond donors (Lipinski definition) is 2. The van der Waals surface area contributed by atoms with E-state index in [0.29, 0.717) is 0 Å². The molecular weight excluding hydrogens is 441 g/mol. The van der Waals surface area contributed by atoms with Crippen molar-refractivity contribution in [1.29, 1.82) is 0 Å². The molecular formula is C16H30N3O11P. The van der Waals surface area contributed by atoms with Crippen LogP contribution in [-0.2, 0) is 37.4 Å². The quantitative estimate of drug-likeness (QED) is 0.139. The lowest BCUT2D eigenvalue weighted by atomic mass is 10.2. The number of nitrogens with zero attached hydrogens (tertiary/aromatic N) is 2. The van der Waals surface area contributed by atoms with Crippen LogP contribution in [-0.4, -0.2) is 73.1 Å². The molecule has 3 atom stereocenters. The van der Waals surface area contributed by atoms with Gasteiger partial charge in [-0.25, -0.2) is 28.0 Å². The van der Waals surface area contributed by atoms with Gasteiger partial charge in [-0.3, -0.25) is 0 Å². The molecule has 31 heavy (non-hydrogen) atoms. The number of nitrogens with two attached hydrogens (primary N) is 1. The van der Waals surface area contributed by atoms with Crippen molar-refractivity contribution in [3.05, 3.63) is 0 Å². The van der Waals surface area contributed by atoms with Crippen LogP contribution in [0.1, 0.15) is 41.0 Å². The Kier molecular flexibility index (Phi) is 12.5. The van der Waals surface area contributed by atoms with Gasteiger partial charge in [0.25, 0.3) is 0 Å². The number of aliphatic carboxylic acids is 1. The minimum atomic E-state index is -4.61. The van der Waals surface area contributed by atoms with Gasteiger partial charge in [0.15, 0.2) is 0 Å². The number of rotatable bonds is 12. The summed E-state index contributed by atoms with van der Waals surface area (Å²) in [6, 6.07) is -1.08. The van der Waals surface area contributed by atoms with Crippen LogP contribution in [0.25, 0.3) is 0 Å². The molecule has 0 radical (unpaired) electrons. The van der Waals surface area contributed by atoms with E-state index in [9.17, 15) is 24.1 Å². The summed E-state index contributed by atoms with van der Waals surface area (Å²) < 4.78 is 45.7. The summed E-state index contributed by atoms with van der Waals surface area (Å²) in [4.78, 5) is 35.2. The monoisotopic (exact) mass is 471 g/mol. The fourth-order valence-corrected chi connectivity index (χ4v) is 3.41. The van der Waals surface area contributed by atoms with E-state index in [1.165, 1.54) is 20.9 Å². The van der Waals surface area contributed by atoms with Gasteiger partial charge in [-0.1, -0.05) is 6.92 Å². The Labute approximate surface area is 180 Å².